The van der Waals surface area contributed by atoms with Crippen LogP contribution < -0.4 is 5.32 Å². The number of hydrogen-bond donors (Lipinski definition) is 1. The summed E-state index contributed by atoms with van der Waals surface area (Å²) in [7, 11) is 0. The molecule has 6 nitrogen and oxygen atoms in total. The second-order valence-electron chi connectivity index (χ2n) is 16.9. The van der Waals surface area contributed by atoms with Gasteiger partial charge in [-0.05, 0) is 90.9 Å². The highest BCUT2D eigenvalue weighted by atomic mass is 16.5. The van der Waals surface area contributed by atoms with Crippen molar-refractivity contribution in [3.05, 3.63) is 23.3 Å². The third kappa shape index (κ3) is 4.01. The molecule has 6 heteroatoms. The smallest absolute Gasteiger partial charge is 0.220 e. The summed E-state index contributed by atoms with van der Waals surface area (Å²) in [5.74, 6) is 0.486. The first kappa shape index (κ1) is 29.8. The van der Waals surface area contributed by atoms with Gasteiger partial charge >= 0.3 is 0 Å². The molecule has 6 aliphatic rings. The molecule has 1 amide bonds. The summed E-state index contributed by atoms with van der Waals surface area (Å²) in [5, 5.41) is 13.1. The Balaban J connectivity index is 1.40. The number of allylic oxidation sites excluding steroid dienone is 4. The van der Waals surface area contributed by atoms with Crippen LogP contribution in [0.15, 0.2) is 23.3 Å². The maximum absolute atomic E-state index is 14.6. The van der Waals surface area contributed by atoms with Gasteiger partial charge in [-0.3, -0.25) is 14.4 Å². The van der Waals surface area contributed by atoms with E-state index in [1.165, 1.54) is 0 Å². The summed E-state index contributed by atoms with van der Waals surface area (Å²) in [5.41, 5.74) is -0.0490. The lowest BCUT2D eigenvalue weighted by atomic mass is 9.34. The van der Waals surface area contributed by atoms with Crippen molar-refractivity contribution >= 4 is 17.5 Å². The first-order valence-electron chi connectivity index (χ1n) is 16.3. The predicted molar refractivity (Wildman–Crippen MR) is 161 cm³/mol. The third-order valence-electron chi connectivity index (χ3n) is 13.9. The Morgan fingerprint density at radius 2 is 1.71 bits per heavy atom. The van der Waals surface area contributed by atoms with E-state index in [1.807, 2.05) is 26.0 Å². The minimum Gasteiger partial charge on any atom is -0.377 e. The van der Waals surface area contributed by atoms with Crippen molar-refractivity contribution in [3.63, 3.8) is 0 Å². The fourth-order valence-electron chi connectivity index (χ4n) is 11.2. The highest BCUT2D eigenvalue weighted by molar-refractivity contribution is 6.04. The lowest BCUT2D eigenvalue weighted by molar-refractivity contribution is -0.173. The van der Waals surface area contributed by atoms with Crippen LogP contribution in [-0.4, -0.2) is 36.7 Å². The molecule has 0 aromatic heterocycles. The number of carbonyl (C=O) groups is 3. The van der Waals surface area contributed by atoms with Crippen molar-refractivity contribution in [1.29, 1.82) is 5.26 Å². The molecule has 1 saturated heterocycles. The van der Waals surface area contributed by atoms with E-state index in [9.17, 15) is 19.6 Å². The van der Waals surface area contributed by atoms with Crippen LogP contribution in [0.1, 0.15) is 106 Å². The molecule has 7 atom stereocenters. The van der Waals surface area contributed by atoms with E-state index in [2.05, 4.69) is 46.0 Å². The Bertz CT molecular complexity index is 1330. The summed E-state index contributed by atoms with van der Waals surface area (Å²) in [6.45, 7) is 16.9. The highest BCUT2D eigenvalue weighted by Gasteiger charge is 2.69. The molecule has 7 unspecified atom stereocenters. The summed E-state index contributed by atoms with van der Waals surface area (Å²) in [6, 6.07) is 2.35. The molecule has 5 aliphatic carbocycles. The number of hydrogen-bond acceptors (Lipinski definition) is 5. The lowest BCUT2D eigenvalue weighted by Gasteiger charge is -2.69. The minimum atomic E-state index is -0.654. The van der Waals surface area contributed by atoms with Crippen molar-refractivity contribution in [3.8, 4) is 6.07 Å². The number of ether oxygens (including phenoxy) is 1. The van der Waals surface area contributed by atoms with Gasteiger partial charge in [-0.1, -0.05) is 60.1 Å². The van der Waals surface area contributed by atoms with Gasteiger partial charge in [0.15, 0.2) is 11.6 Å². The van der Waals surface area contributed by atoms with Gasteiger partial charge < -0.3 is 10.1 Å². The fraction of sp³-hybridized carbons (Fsp3) is 0.778. The summed E-state index contributed by atoms with van der Waals surface area (Å²) < 4.78 is 5.25. The number of Topliss-reactive ketones (excluding diaryl/α,β-unsaturated/α-hetero) is 1. The average Bonchev–Trinajstić information content (AvgIpc) is 2.89. The quantitative estimate of drug-likeness (QED) is 0.413. The van der Waals surface area contributed by atoms with Gasteiger partial charge in [0.1, 0.15) is 6.07 Å². The summed E-state index contributed by atoms with van der Waals surface area (Å²) >= 11 is 0. The highest BCUT2D eigenvalue weighted by Crippen LogP contribution is 2.75. The van der Waals surface area contributed by atoms with Gasteiger partial charge in [0, 0.05) is 23.2 Å². The van der Waals surface area contributed by atoms with Gasteiger partial charge in [0.05, 0.1) is 24.8 Å². The third-order valence-corrected chi connectivity index (χ3v) is 13.9. The van der Waals surface area contributed by atoms with Crippen LogP contribution in [-0.2, 0) is 19.1 Å². The fourth-order valence-corrected chi connectivity index (χ4v) is 11.2. The molecule has 1 aliphatic heterocycles. The van der Waals surface area contributed by atoms with Gasteiger partial charge in [-0.15, -0.1) is 0 Å². The number of carbonyl (C=O) groups excluding carboxylic acids is 3. The normalized spacial score (nSPS) is 43.7. The van der Waals surface area contributed by atoms with Crippen molar-refractivity contribution in [2.75, 3.05) is 13.2 Å². The number of ketones is 2. The van der Waals surface area contributed by atoms with Gasteiger partial charge in [0.2, 0.25) is 5.91 Å². The molecular formula is C36H50N2O4. The molecule has 228 valence electrons. The second kappa shape index (κ2) is 9.37. The molecule has 0 aromatic rings. The molecule has 42 heavy (non-hydrogen) atoms. The zero-order valence-corrected chi connectivity index (χ0v) is 26.8. The Morgan fingerprint density at radius 1 is 1.02 bits per heavy atom. The molecule has 0 aromatic carbocycles. The Hall–Kier alpha value is -2.26. The number of fused-ring (bicyclic) bond motifs is 7. The number of nitriles is 1. The second-order valence-corrected chi connectivity index (χ2v) is 16.9. The van der Waals surface area contributed by atoms with Crippen molar-refractivity contribution in [2.45, 2.75) is 112 Å². The minimum absolute atomic E-state index is 0.00124. The average molecular weight is 575 g/mol. The molecule has 0 bridgehead atoms. The van der Waals surface area contributed by atoms with Crippen LogP contribution in [0.25, 0.3) is 0 Å². The summed E-state index contributed by atoms with van der Waals surface area (Å²) in [4.78, 5) is 40.9. The molecule has 0 radical (unpaired) electrons. The Morgan fingerprint density at radius 3 is 2.36 bits per heavy atom. The Kier molecular flexibility index (Phi) is 6.65. The van der Waals surface area contributed by atoms with Gasteiger partial charge in [0.25, 0.3) is 0 Å². The van der Waals surface area contributed by atoms with Crippen LogP contribution in [0.4, 0.5) is 0 Å². The van der Waals surface area contributed by atoms with E-state index in [0.29, 0.717) is 19.6 Å². The van der Waals surface area contributed by atoms with Crippen molar-refractivity contribution in [1.82, 2.24) is 5.32 Å². The van der Waals surface area contributed by atoms with Crippen LogP contribution in [0.5, 0.6) is 0 Å². The summed E-state index contributed by atoms with van der Waals surface area (Å²) in [6.07, 6.45) is 12.3. The van der Waals surface area contributed by atoms with Gasteiger partial charge in [-0.2, -0.15) is 5.26 Å². The molecule has 0 spiro atoms. The van der Waals surface area contributed by atoms with Gasteiger partial charge in [-0.25, -0.2) is 0 Å². The zero-order valence-electron chi connectivity index (χ0n) is 26.8. The van der Waals surface area contributed by atoms with Crippen LogP contribution in [0.2, 0.25) is 0 Å². The Labute approximate surface area is 252 Å². The number of amides is 1. The van der Waals surface area contributed by atoms with Crippen LogP contribution in [0, 0.1) is 61.6 Å². The number of rotatable bonds is 4. The number of nitrogens with zero attached hydrogens (tertiary/aromatic N) is 1. The topological polar surface area (TPSA) is 96.3 Å². The first-order chi connectivity index (χ1) is 19.5. The molecule has 1 heterocycles. The van der Waals surface area contributed by atoms with E-state index in [-0.39, 0.29) is 68.5 Å². The molecule has 3 saturated carbocycles. The van der Waals surface area contributed by atoms with E-state index in [0.717, 1.165) is 56.9 Å². The SMILES string of the molecule is CC1(C)CCC2(CCC(=O)NC3COC3)CCC3(C)C(C(=O)C=C4C5(C)C=C(C#N)C(=O)C(C)(C)C5CCC43C)C2C1. The largest absolute Gasteiger partial charge is 0.377 e. The standard InChI is InChI=1S/C36H50N2O4/c1-31(2)12-14-36(11-9-28(40)38-23-20-42-21-23)15-13-35(7)29(24(36)18-31)25(39)16-27-33(5)17-22(19-37)30(41)32(3,4)26(33)8-10-34(27,35)6/h16-17,23-24,26,29H,8-15,18,20-21H2,1-7H3,(H,38,40). The molecule has 4 fully saturated rings. The monoisotopic (exact) mass is 574 g/mol. The van der Waals surface area contributed by atoms with E-state index < -0.39 is 10.8 Å². The number of nitrogens with one attached hydrogen (secondary N) is 1. The van der Waals surface area contributed by atoms with E-state index in [1.54, 1.807) is 0 Å². The molecular weight excluding hydrogens is 524 g/mol. The van der Waals surface area contributed by atoms with E-state index >= 15 is 0 Å². The maximum Gasteiger partial charge on any atom is 0.220 e. The van der Waals surface area contributed by atoms with Crippen molar-refractivity contribution < 1.29 is 19.1 Å². The first-order valence-corrected chi connectivity index (χ1v) is 16.3. The van der Waals surface area contributed by atoms with Crippen LogP contribution >= 0.6 is 0 Å². The predicted octanol–water partition coefficient (Wildman–Crippen LogP) is 6.50. The zero-order chi connectivity index (χ0) is 30.5. The lowest BCUT2D eigenvalue weighted by Crippen LogP contribution is -2.64. The van der Waals surface area contributed by atoms with E-state index in [4.69, 9.17) is 4.74 Å². The molecule has 6 rings (SSSR count). The molecule has 1 N–H and O–H groups in total. The maximum atomic E-state index is 14.6. The van der Waals surface area contributed by atoms with Crippen LogP contribution in [0.3, 0.4) is 0 Å². The van der Waals surface area contributed by atoms with Crippen molar-refractivity contribution in [2.24, 2.45) is 50.2 Å².